The summed E-state index contributed by atoms with van der Waals surface area (Å²) >= 11 is 0. The molecule has 0 unspecified atom stereocenters. The Morgan fingerprint density at radius 2 is 1.88 bits per heavy atom. The average Bonchev–Trinajstić information content (AvgIpc) is 3.38. The van der Waals surface area contributed by atoms with E-state index >= 15 is 0 Å². The summed E-state index contributed by atoms with van der Waals surface area (Å²) in [6.07, 6.45) is 9.42. The Kier molecular flexibility index (Phi) is 4.57. The highest BCUT2D eigenvalue weighted by atomic mass is 31.2. The number of ether oxygens (including phenoxy) is 1. The molecule has 8 heteroatoms. The highest BCUT2D eigenvalue weighted by molar-refractivity contribution is 7.46. The zero-order chi connectivity index (χ0) is 22.5. The van der Waals surface area contributed by atoms with Crippen molar-refractivity contribution in [2.45, 2.75) is 88.9 Å². The molecule has 32 heavy (non-hydrogen) atoms. The summed E-state index contributed by atoms with van der Waals surface area (Å²) in [5, 5.41) is 0. The molecule has 7 nitrogen and oxygen atoms in total. The van der Waals surface area contributed by atoms with Crippen LogP contribution in [0, 0.1) is 28.6 Å². The summed E-state index contributed by atoms with van der Waals surface area (Å²) in [6, 6.07) is 3.47. The number of phosphoric acid groups is 1. The largest absolute Gasteiger partial charge is 0.469 e. The maximum absolute atomic E-state index is 11.5. The van der Waals surface area contributed by atoms with Gasteiger partial charge in [0.15, 0.2) is 0 Å². The van der Waals surface area contributed by atoms with Crippen molar-refractivity contribution in [3.8, 4) is 0 Å². The predicted molar refractivity (Wildman–Crippen MR) is 116 cm³/mol. The quantitative estimate of drug-likeness (QED) is 0.505. The van der Waals surface area contributed by atoms with Crippen LogP contribution in [-0.4, -0.2) is 27.6 Å². The third-order valence-corrected chi connectivity index (χ3v) is 11.0. The fourth-order valence-electron chi connectivity index (χ4n) is 9.01. The Morgan fingerprint density at radius 1 is 1.06 bits per heavy atom. The molecular weight excluding hydrogens is 431 g/mol. The molecule has 0 aromatic carbocycles. The third kappa shape index (κ3) is 2.88. The maximum Gasteiger partial charge on any atom is 0.469 e. The van der Waals surface area contributed by atoms with Crippen molar-refractivity contribution in [3.05, 3.63) is 34.4 Å². The number of rotatable bonds is 3. The van der Waals surface area contributed by atoms with Crippen molar-refractivity contribution >= 4 is 7.82 Å². The van der Waals surface area contributed by atoms with Crippen molar-refractivity contribution in [1.82, 2.24) is 0 Å². The monoisotopic (exact) mass is 464 g/mol. The van der Waals surface area contributed by atoms with Crippen LogP contribution in [0.1, 0.15) is 76.7 Å². The molecular formula is C24H33O7P. The molecule has 1 spiro atoms. The lowest BCUT2D eigenvalue weighted by Crippen LogP contribution is -2.58. The van der Waals surface area contributed by atoms with Gasteiger partial charge in [0.25, 0.3) is 0 Å². The zero-order valence-electron chi connectivity index (χ0n) is 18.7. The Bertz CT molecular complexity index is 1010. The standard InChI is InChI=1S/C24H33O7P/c1-22-9-7-16(31-32(26,27)28)11-15(22)4-5-18-17(22)8-10-23(2)19(12-20-24(18,23)30-20)14-3-6-21(25)29-13-14/h3,6,13,15-20H,4-5,7-12H2,1-2H3,(H2,26,27,28)/t15-,16+,17+,18-,19-,20-,22+,23-,24-/m1/s1. The van der Waals surface area contributed by atoms with Gasteiger partial charge in [-0.2, -0.15) is 0 Å². The van der Waals surface area contributed by atoms with E-state index in [1.165, 1.54) is 6.07 Å². The lowest BCUT2D eigenvalue weighted by atomic mass is 9.44. The Hall–Kier alpha value is -0.980. The van der Waals surface area contributed by atoms with E-state index in [1.54, 1.807) is 6.26 Å². The SMILES string of the molecule is C[C@]12CC[C@H](OP(=O)(O)O)C[C@H]1CC[C@@H]1[C@@H]2CC[C@]2(C)[C@@H](c3ccc(=O)oc3)C[C@H]3O[C@]132. The fourth-order valence-corrected chi connectivity index (χ4v) is 9.59. The van der Waals surface area contributed by atoms with Crippen LogP contribution in [0.15, 0.2) is 27.6 Å². The number of epoxide rings is 1. The summed E-state index contributed by atoms with van der Waals surface area (Å²) in [6.45, 7) is 4.81. The van der Waals surface area contributed by atoms with E-state index in [4.69, 9.17) is 13.7 Å². The smallest absolute Gasteiger partial charge is 0.431 e. The Balaban J connectivity index is 1.27. The number of phosphoric ester groups is 1. The molecule has 2 heterocycles. The molecule has 1 aromatic heterocycles. The lowest BCUT2D eigenvalue weighted by molar-refractivity contribution is -0.138. The van der Waals surface area contributed by atoms with Crippen LogP contribution in [0.25, 0.3) is 0 Å². The molecule has 1 saturated heterocycles. The molecule has 2 N–H and O–H groups in total. The molecule has 5 fully saturated rings. The molecule has 4 saturated carbocycles. The first-order chi connectivity index (χ1) is 15.1. The van der Waals surface area contributed by atoms with Gasteiger partial charge >= 0.3 is 13.4 Å². The molecule has 176 valence electrons. The Labute approximate surface area is 188 Å². The summed E-state index contributed by atoms with van der Waals surface area (Å²) in [4.78, 5) is 30.0. The highest BCUT2D eigenvalue weighted by Crippen LogP contribution is 2.78. The van der Waals surface area contributed by atoms with E-state index in [2.05, 4.69) is 13.8 Å². The predicted octanol–water partition coefficient (Wildman–Crippen LogP) is 4.38. The second kappa shape index (κ2) is 6.79. The molecule has 0 amide bonds. The second-order valence-corrected chi connectivity index (χ2v) is 12.7. The zero-order valence-corrected chi connectivity index (χ0v) is 19.6. The summed E-state index contributed by atoms with van der Waals surface area (Å²) in [5.41, 5.74) is 0.950. The highest BCUT2D eigenvalue weighted by Gasteiger charge is 2.80. The van der Waals surface area contributed by atoms with Crippen LogP contribution >= 0.6 is 7.82 Å². The van der Waals surface area contributed by atoms with Gasteiger partial charge in [-0.1, -0.05) is 13.8 Å². The van der Waals surface area contributed by atoms with Crippen LogP contribution in [0.4, 0.5) is 0 Å². The molecule has 1 aromatic rings. The van der Waals surface area contributed by atoms with Crippen molar-refractivity contribution in [2.75, 3.05) is 0 Å². The molecule has 0 radical (unpaired) electrons. The van der Waals surface area contributed by atoms with Crippen LogP contribution < -0.4 is 5.63 Å². The molecule has 0 bridgehead atoms. The summed E-state index contributed by atoms with van der Waals surface area (Å²) in [5.74, 6) is 1.88. The molecule has 6 rings (SSSR count). The van der Waals surface area contributed by atoms with Gasteiger partial charge in [0.2, 0.25) is 0 Å². The lowest BCUT2D eigenvalue weighted by Gasteiger charge is -2.61. The maximum atomic E-state index is 11.5. The van der Waals surface area contributed by atoms with Gasteiger partial charge in [-0.3, -0.25) is 4.52 Å². The van der Waals surface area contributed by atoms with Gasteiger partial charge in [0.05, 0.1) is 18.5 Å². The minimum atomic E-state index is -4.45. The van der Waals surface area contributed by atoms with E-state index in [0.717, 1.165) is 50.5 Å². The number of hydrogen-bond acceptors (Lipinski definition) is 5. The average molecular weight is 464 g/mol. The fraction of sp³-hybridized carbons (Fsp3) is 0.792. The van der Waals surface area contributed by atoms with Crippen LogP contribution in [0.5, 0.6) is 0 Å². The van der Waals surface area contributed by atoms with E-state index in [1.807, 2.05) is 6.07 Å². The summed E-state index contributed by atoms with van der Waals surface area (Å²) in [7, 11) is -4.45. The van der Waals surface area contributed by atoms with Crippen molar-refractivity contribution in [1.29, 1.82) is 0 Å². The van der Waals surface area contributed by atoms with Gasteiger partial charge in [0.1, 0.15) is 5.60 Å². The molecule has 1 aliphatic heterocycles. The third-order valence-electron chi connectivity index (χ3n) is 10.5. The minimum Gasteiger partial charge on any atom is -0.431 e. The van der Waals surface area contributed by atoms with Gasteiger partial charge in [0, 0.05) is 11.5 Å². The number of hydrogen-bond donors (Lipinski definition) is 2. The second-order valence-electron chi connectivity index (χ2n) is 11.5. The molecule has 5 aliphatic rings. The van der Waals surface area contributed by atoms with Crippen LogP contribution in [-0.2, 0) is 13.8 Å². The van der Waals surface area contributed by atoms with Crippen LogP contribution in [0.3, 0.4) is 0 Å². The van der Waals surface area contributed by atoms with Crippen molar-refractivity contribution in [3.63, 3.8) is 0 Å². The molecule has 4 aliphatic carbocycles. The first kappa shape index (κ1) is 21.5. The number of fused-ring (bicyclic) bond motifs is 3. The van der Waals surface area contributed by atoms with Gasteiger partial charge in [-0.25, -0.2) is 9.36 Å². The summed E-state index contributed by atoms with van der Waals surface area (Å²) < 4.78 is 28.3. The van der Waals surface area contributed by atoms with E-state index in [-0.39, 0.29) is 34.3 Å². The van der Waals surface area contributed by atoms with E-state index in [9.17, 15) is 19.1 Å². The van der Waals surface area contributed by atoms with Gasteiger partial charge < -0.3 is 18.9 Å². The topological polar surface area (TPSA) is 110 Å². The minimum absolute atomic E-state index is 0.0443. The molecule has 9 atom stereocenters. The van der Waals surface area contributed by atoms with Crippen molar-refractivity contribution < 1.29 is 28.0 Å². The van der Waals surface area contributed by atoms with Gasteiger partial charge in [-0.15, -0.1) is 0 Å². The van der Waals surface area contributed by atoms with Crippen LogP contribution in [0.2, 0.25) is 0 Å². The first-order valence-electron chi connectivity index (χ1n) is 12.1. The van der Waals surface area contributed by atoms with Crippen molar-refractivity contribution in [2.24, 2.45) is 28.6 Å². The van der Waals surface area contributed by atoms with E-state index < -0.39 is 7.82 Å². The Morgan fingerprint density at radius 3 is 2.59 bits per heavy atom. The first-order valence-corrected chi connectivity index (χ1v) is 13.6. The van der Waals surface area contributed by atoms with Gasteiger partial charge in [-0.05, 0) is 92.1 Å². The normalized spacial score (nSPS) is 49.5. The van der Waals surface area contributed by atoms with E-state index in [0.29, 0.717) is 30.1 Å².